The summed E-state index contributed by atoms with van der Waals surface area (Å²) in [5.74, 6) is 0.820. The Morgan fingerprint density at radius 2 is 2.00 bits per heavy atom. The second-order valence-corrected chi connectivity index (χ2v) is 4.60. The smallest absolute Gasteiger partial charge is 0.126 e. The first-order valence-electron chi connectivity index (χ1n) is 4.84. The standard InChI is InChI=1S/C12H10BrClN2/c13-11-4-2-1-3-9(11)7-15-12-6-5-10(14)8-16-12/h1-6,8H,7H2,(H,15,16). The summed E-state index contributed by atoms with van der Waals surface area (Å²) < 4.78 is 1.09. The number of hydrogen-bond donors (Lipinski definition) is 1. The minimum atomic E-state index is 0.645. The van der Waals surface area contributed by atoms with E-state index in [0.29, 0.717) is 5.02 Å². The van der Waals surface area contributed by atoms with E-state index < -0.39 is 0 Å². The summed E-state index contributed by atoms with van der Waals surface area (Å²) in [5.41, 5.74) is 1.19. The van der Waals surface area contributed by atoms with Crippen LogP contribution in [0.1, 0.15) is 5.56 Å². The van der Waals surface area contributed by atoms with Crippen LogP contribution >= 0.6 is 27.5 Å². The first-order valence-corrected chi connectivity index (χ1v) is 6.01. The van der Waals surface area contributed by atoms with Crippen molar-refractivity contribution in [1.29, 1.82) is 0 Å². The van der Waals surface area contributed by atoms with Gasteiger partial charge in [-0.25, -0.2) is 4.98 Å². The normalized spacial score (nSPS) is 10.1. The van der Waals surface area contributed by atoms with E-state index in [0.717, 1.165) is 16.8 Å². The maximum absolute atomic E-state index is 5.76. The first kappa shape index (κ1) is 11.4. The lowest BCUT2D eigenvalue weighted by Crippen LogP contribution is -2.01. The van der Waals surface area contributed by atoms with Gasteiger partial charge in [-0.15, -0.1) is 0 Å². The minimum absolute atomic E-state index is 0.645. The second kappa shape index (κ2) is 5.32. The molecule has 1 aromatic heterocycles. The molecule has 0 amide bonds. The number of halogens is 2. The molecule has 0 aliphatic carbocycles. The molecule has 0 saturated carbocycles. The van der Waals surface area contributed by atoms with Gasteiger partial charge in [-0.2, -0.15) is 0 Å². The monoisotopic (exact) mass is 296 g/mol. The highest BCUT2D eigenvalue weighted by molar-refractivity contribution is 9.10. The van der Waals surface area contributed by atoms with Crippen molar-refractivity contribution in [2.75, 3.05) is 5.32 Å². The molecule has 0 bridgehead atoms. The highest BCUT2D eigenvalue weighted by Crippen LogP contribution is 2.17. The Morgan fingerprint density at radius 1 is 1.19 bits per heavy atom. The van der Waals surface area contributed by atoms with Crippen molar-refractivity contribution in [3.63, 3.8) is 0 Å². The summed E-state index contributed by atoms with van der Waals surface area (Å²) >= 11 is 9.26. The van der Waals surface area contributed by atoms with E-state index in [4.69, 9.17) is 11.6 Å². The summed E-state index contributed by atoms with van der Waals surface area (Å²) in [7, 11) is 0. The van der Waals surface area contributed by atoms with Crippen molar-refractivity contribution in [2.24, 2.45) is 0 Å². The number of nitrogens with zero attached hydrogens (tertiary/aromatic N) is 1. The number of aromatic nitrogens is 1. The average molecular weight is 298 g/mol. The highest BCUT2D eigenvalue weighted by atomic mass is 79.9. The molecule has 0 saturated heterocycles. The molecular formula is C12H10BrClN2. The summed E-state index contributed by atoms with van der Waals surface area (Å²) in [5, 5.41) is 3.87. The number of rotatable bonds is 3. The van der Waals surface area contributed by atoms with Gasteiger partial charge in [-0.05, 0) is 23.8 Å². The number of pyridine rings is 1. The van der Waals surface area contributed by atoms with E-state index in [1.54, 1.807) is 6.20 Å². The molecule has 0 atom stereocenters. The lowest BCUT2D eigenvalue weighted by molar-refractivity contribution is 1.10. The van der Waals surface area contributed by atoms with Gasteiger partial charge in [-0.1, -0.05) is 45.7 Å². The summed E-state index contributed by atoms with van der Waals surface area (Å²) in [6, 6.07) is 11.8. The number of anilines is 1. The topological polar surface area (TPSA) is 24.9 Å². The fourth-order valence-electron chi connectivity index (χ4n) is 1.31. The molecule has 1 N–H and O–H groups in total. The van der Waals surface area contributed by atoms with Crippen molar-refractivity contribution < 1.29 is 0 Å². The van der Waals surface area contributed by atoms with Gasteiger partial charge < -0.3 is 5.32 Å². The summed E-state index contributed by atoms with van der Waals surface area (Å²) in [4.78, 5) is 4.16. The molecule has 0 aliphatic heterocycles. The van der Waals surface area contributed by atoms with E-state index in [9.17, 15) is 0 Å². The molecule has 0 fully saturated rings. The van der Waals surface area contributed by atoms with Gasteiger partial charge in [0.05, 0.1) is 5.02 Å². The third kappa shape index (κ3) is 2.97. The van der Waals surface area contributed by atoms with Gasteiger partial charge in [0, 0.05) is 17.2 Å². The Balaban J connectivity index is 2.02. The van der Waals surface area contributed by atoms with Gasteiger partial charge in [0.15, 0.2) is 0 Å². The van der Waals surface area contributed by atoms with E-state index in [1.165, 1.54) is 5.56 Å². The summed E-state index contributed by atoms with van der Waals surface area (Å²) in [6.07, 6.45) is 1.63. The molecule has 0 unspecified atom stereocenters. The van der Waals surface area contributed by atoms with Gasteiger partial charge >= 0.3 is 0 Å². The maximum Gasteiger partial charge on any atom is 0.126 e. The minimum Gasteiger partial charge on any atom is -0.366 e. The Morgan fingerprint density at radius 3 is 2.69 bits per heavy atom. The van der Waals surface area contributed by atoms with Gasteiger partial charge in [0.25, 0.3) is 0 Å². The van der Waals surface area contributed by atoms with Crippen LogP contribution in [-0.4, -0.2) is 4.98 Å². The highest BCUT2D eigenvalue weighted by Gasteiger charge is 1.98. The van der Waals surface area contributed by atoms with Crippen molar-refractivity contribution in [2.45, 2.75) is 6.54 Å². The second-order valence-electron chi connectivity index (χ2n) is 3.31. The SMILES string of the molecule is Clc1ccc(NCc2ccccc2Br)nc1. The zero-order valence-electron chi connectivity index (χ0n) is 8.45. The van der Waals surface area contributed by atoms with Crippen molar-refractivity contribution >= 4 is 33.3 Å². The first-order chi connectivity index (χ1) is 7.75. The molecule has 2 nitrogen and oxygen atoms in total. The quantitative estimate of drug-likeness (QED) is 0.922. The van der Waals surface area contributed by atoms with E-state index in [-0.39, 0.29) is 0 Å². The van der Waals surface area contributed by atoms with Crippen LogP contribution in [-0.2, 0) is 6.54 Å². The van der Waals surface area contributed by atoms with Crippen molar-refractivity contribution in [3.8, 4) is 0 Å². The third-order valence-corrected chi connectivity index (χ3v) is 3.14. The predicted octanol–water partition coefficient (Wildman–Crippen LogP) is 4.11. The molecule has 1 heterocycles. The fraction of sp³-hybridized carbons (Fsp3) is 0.0833. The number of benzene rings is 1. The third-order valence-electron chi connectivity index (χ3n) is 2.15. The van der Waals surface area contributed by atoms with Crippen LogP contribution in [0.2, 0.25) is 5.02 Å². The van der Waals surface area contributed by atoms with E-state index in [1.807, 2.05) is 30.3 Å². The van der Waals surface area contributed by atoms with Crippen LogP contribution in [0.5, 0.6) is 0 Å². The van der Waals surface area contributed by atoms with Gasteiger partial charge in [0.2, 0.25) is 0 Å². The molecule has 1 aromatic carbocycles. The fourth-order valence-corrected chi connectivity index (χ4v) is 1.84. The van der Waals surface area contributed by atoms with Crippen LogP contribution in [0.3, 0.4) is 0 Å². The molecular weight excluding hydrogens is 288 g/mol. The molecule has 2 rings (SSSR count). The maximum atomic E-state index is 5.76. The molecule has 2 aromatic rings. The molecule has 82 valence electrons. The zero-order valence-corrected chi connectivity index (χ0v) is 10.8. The van der Waals surface area contributed by atoms with Crippen molar-refractivity contribution in [3.05, 3.63) is 57.7 Å². The Kier molecular flexibility index (Phi) is 3.80. The van der Waals surface area contributed by atoms with Crippen molar-refractivity contribution in [1.82, 2.24) is 4.98 Å². The average Bonchev–Trinajstić information content (AvgIpc) is 2.30. The van der Waals surface area contributed by atoms with Crippen LogP contribution in [0.25, 0.3) is 0 Å². The van der Waals surface area contributed by atoms with Gasteiger partial charge in [0.1, 0.15) is 5.82 Å². The predicted molar refractivity (Wildman–Crippen MR) is 70.7 cm³/mol. The lowest BCUT2D eigenvalue weighted by atomic mass is 10.2. The molecule has 0 radical (unpaired) electrons. The van der Waals surface area contributed by atoms with Crippen LogP contribution in [0.4, 0.5) is 5.82 Å². The Bertz CT molecular complexity index is 471. The van der Waals surface area contributed by atoms with Crippen LogP contribution in [0.15, 0.2) is 47.1 Å². The van der Waals surface area contributed by atoms with Gasteiger partial charge in [-0.3, -0.25) is 0 Å². The van der Waals surface area contributed by atoms with Crippen LogP contribution < -0.4 is 5.32 Å². The molecule has 0 aliphatic rings. The lowest BCUT2D eigenvalue weighted by Gasteiger charge is -2.07. The van der Waals surface area contributed by atoms with Crippen LogP contribution in [0, 0.1) is 0 Å². The summed E-state index contributed by atoms with van der Waals surface area (Å²) in [6.45, 7) is 0.732. The molecule has 16 heavy (non-hydrogen) atoms. The zero-order chi connectivity index (χ0) is 11.4. The molecule has 0 spiro atoms. The molecule has 4 heteroatoms. The van der Waals surface area contributed by atoms with E-state index >= 15 is 0 Å². The number of nitrogens with one attached hydrogen (secondary N) is 1. The largest absolute Gasteiger partial charge is 0.366 e. The Hall–Kier alpha value is -1.06. The number of hydrogen-bond acceptors (Lipinski definition) is 2. The van der Waals surface area contributed by atoms with E-state index in [2.05, 4.69) is 32.3 Å². The Labute approximate surface area is 108 Å².